The highest BCUT2D eigenvalue weighted by atomic mass is 14.8. The Hall–Kier alpha value is -0.820. The molecule has 1 unspecified atom stereocenters. The molecule has 0 heterocycles. The van der Waals surface area contributed by atoms with E-state index in [4.69, 9.17) is 0 Å². The number of aryl methyl sites for hydroxylation is 2. The molecule has 0 radical (unpaired) electrons. The Bertz CT molecular complexity index is 291. The third-order valence-corrected chi connectivity index (χ3v) is 2.63. The number of benzene rings is 1. The first kappa shape index (κ1) is 11.3. The van der Waals surface area contributed by atoms with Crippen LogP contribution in [0.25, 0.3) is 0 Å². The molecule has 1 aromatic rings. The number of nitrogens with one attached hydrogen (secondary N) is 1. The van der Waals surface area contributed by atoms with E-state index in [1.165, 1.54) is 23.1 Å². The quantitative estimate of drug-likeness (QED) is 0.771. The number of rotatable bonds is 4. The van der Waals surface area contributed by atoms with Crippen molar-refractivity contribution in [3.8, 4) is 0 Å². The van der Waals surface area contributed by atoms with Crippen molar-refractivity contribution >= 4 is 0 Å². The summed E-state index contributed by atoms with van der Waals surface area (Å²) < 4.78 is 0. The minimum atomic E-state index is 0.709. The molecule has 1 atom stereocenters. The van der Waals surface area contributed by atoms with E-state index < -0.39 is 0 Å². The van der Waals surface area contributed by atoms with Gasteiger partial charge in [-0.15, -0.1) is 0 Å². The van der Waals surface area contributed by atoms with Gasteiger partial charge < -0.3 is 5.32 Å². The number of hydrogen-bond donors (Lipinski definition) is 1. The standard InChI is InChI=1S/C13H21N/c1-10-5-6-12(3)13(7-10)8-11(2)9-14-4/h5-7,11,14H,8-9H2,1-4H3. The molecule has 0 bridgehead atoms. The third-order valence-electron chi connectivity index (χ3n) is 2.63. The Labute approximate surface area is 87.5 Å². The highest BCUT2D eigenvalue weighted by molar-refractivity contribution is 5.30. The second-order valence-electron chi connectivity index (χ2n) is 4.30. The first-order chi connectivity index (χ1) is 6.63. The zero-order valence-electron chi connectivity index (χ0n) is 9.72. The molecule has 78 valence electrons. The van der Waals surface area contributed by atoms with Gasteiger partial charge in [0, 0.05) is 0 Å². The van der Waals surface area contributed by atoms with Crippen LogP contribution in [0.3, 0.4) is 0 Å². The van der Waals surface area contributed by atoms with Gasteiger partial charge in [0.1, 0.15) is 0 Å². The van der Waals surface area contributed by atoms with Crippen LogP contribution in [0.5, 0.6) is 0 Å². The van der Waals surface area contributed by atoms with Crippen molar-refractivity contribution in [1.29, 1.82) is 0 Å². The average Bonchev–Trinajstić information content (AvgIpc) is 2.12. The van der Waals surface area contributed by atoms with Crippen LogP contribution in [0.15, 0.2) is 18.2 Å². The first-order valence-electron chi connectivity index (χ1n) is 5.34. The molecule has 1 nitrogen and oxygen atoms in total. The Morgan fingerprint density at radius 3 is 2.64 bits per heavy atom. The highest BCUT2D eigenvalue weighted by Gasteiger charge is 2.04. The van der Waals surface area contributed by atoms with E-state index in [0.29, 0.717) is 5.92 Å². The molecule has 0 aliphatic heterocycles. The van der Waals surface area contributed by atoms with Crippen molar-refractivity contribution in [1.82, 2.24) is 5.32 Å². The minimum Gasteiger partial charge on any atom is -0.319 e. The molecule has 0 saturated carbocycles. The van der Waals surface area contributed by atoms with E-state index in [0.717, 1.165) is 6.54 Å². The van der Waals surface area contributed by atoms with Gasteiger partial charge in [0.25, 0.3) is 0 Å². The fourth-order valence-corrected chi connectivity index (χ4v) is 1.82. The molecular weight excluding hydrogens is 170 g/mol. The van der Waals surface area contributed by atoms with Gasteiger partial charge in [0.15, 0.2) is 0 Å². The van der Waals surface area contributed by atoms with Crippen molar-refractivity contribution in [3.05, 3.63) is 34.9 Å². The fourth-order valence-electron chi connectivity index (χ4n) is 1.82. The lowest BCUT2D eigenvalue weighted by molar-refractivity contribution is 0.540. The van der Waals surface area contributed by atoms with Crippen molar-refractivity contribution in [2.45, 2.75) is 27.2 Å². The van der Waals surface area contributed by atoms with E-state index in [9.17, 15) is 0 Å². The van der Waals surface area contributed by atoms with Crippen molar-refractivity contribution in [3.63, 3.8) is 0 Å². The summed E-state index contributed by atoms with van der Waals surface area (Å²) in [6, 6.07) is 6.71. The van der Waals surface area contributed by atoms with Gasteiger partial charge in [-0.25, -0.2) is 0 Å². The molecule has 1 N–H and O–H groups in total. The van der Waals surface area contributed by atoms with Gasteiger partial charge in [-0.1, -0.05) is 30.7 Å². The Morgan fingerprint density at radius 1 is 1.29 bits per heavy atom. The lowest BCUT2D eigenvalue weighted by Gasteiger charge is -2.13. The van der Waals surface area contributed by atoms with Crippen LogP contribution in [0.2, 0.25) is 0 Å². The van der Waals surface area contributed by atoms with E-state index in [-0.39, 0.29) is 0 Å². The summed E-state index contributed by atoms with van der Waals surface area (Å²) in [5, 5.41) is 3.22. The summed E-state index contributed by atoms with van der Waals surface area (Å²) >= 11 is 0. The molecule has 0 amide bonds. The summed E-state index contributed by atoms with van der Waals surface area (Å²) in [5.41, 5.74) is 4.27. The molecule has 0 spiro atoms. The van der Waals surface area contributed by atoms with Crippen LogP contribution in [-0.4, -0.2) is 13.6 Å². The Kier molecular flexibility index (Phi) is 4.15. The van der Waals surface area contributed by atoms with Gasteiger partial charge in [-0.2, -0.15) is 0 Å². The molecule has 0 saturated heterocycles. The molecule has 0 aromatic heterocycles. The predicted octanol–water partition coefficient (Wildman–Crippen LogP) is 2.70. The van der Waals surface area contributed by atoms with Crippen LogP contribution in [0.4, 0.5) is 0 Å². The highest BCUT2D eigenvalue weighted by Crippen LogP contribution is 2.14. The van der Waals surface area contributed by atoms with E-state index in [2.05, 4.69) is 44.3 Å². The van der Waals surface area contributed by atoms with E-state index >= 15 is 0 Å². The third kappa shape index (κ3) is 3.15. The summed E-state index contributed by atoms with van der Waals surface area (Å²) in [7, 11) is 2.01. The van der Waals surface area contributed by atoms with Crippen molar-refractivity contribution in [2.24, 2.45) is 5.92 Å². The predicted molar refractivity (Wildman–Crippen MR) is 62.7 cm³/mol. The molecule has 1 aromatic carbocycles. The maximum atomic E-state index is 3.22. The molecule has 1 heteroatoms. The smallest absolute Gasteiger partial charge is 0.00230 e. The maximum Gasteiger partial charge on any atom is -0.00230 e. The van der Waals surface area contributed by atoms with Crippen LogP contribution >= 0.6 is 0 Å². The monoisotopic (exact) mass is 191 g/mol. The first-order valence-corrected chi connectivity index (χ1v) is 5.34. The zero-order valence-corrected chi connectivity index (χ0v) is 9.72. The summed E-state index contributed by atoms with van der Waals surface area (Å²) in [6.07, 6.45) is 1.17. The van der Waals surface area contributed by atoms with Crippen LogP contribution in [0.1, 0.15) is 23.6 Å². The molecule has 0 fully saturated rings. The maximum absolute atomic E-state index is 3.22. The van der Waals surface area contributed by atoms with Gasteiger partial charge in [-0.05, 0) is 50.9 Å². The lowest BCUT2D eigenvalue weighted by atomic mass is 9.96. The zero-order chi connectivity index (χ0) is 10.6. The molecule has 0 aliphatic carbocycles. The van der Waals surface area contributed by atoms with E-state index in [1.807, 2.05) is 7.05 Å². The number of hydrogen-bond acceptors (Lipinski definition) is 1. The molecule has 0 aliphatic rings. The topological polar surface area (TPSA) is 12.0 Å². The second kappa shape index (κ2) is 5.16. The summed E-state index contributed by atoms with van der Waals surface area (Å²) in [4.78, 5) is 0. The molecule has 1 rings (SSSR count). The normalized spacial score (nSPS) is 12.9. The van der Waals surface area contributed by atoms with Crippen LogP contribution in [-0.2, 0) is 6.42 Å². The Morgan fingerprint density at radius 2 is 2.00 bits per heavy atom. The van der Waals surface area contributed by atoms with Gasteiger partial charge in [0.05, 0.1) is 0 Å². The summed E-state index contributed by atoms with van der Waals surface area (Å²) in [6.45, 7) is 7.73. The van der Waals surface area contributed by atoms with Crippen molar-refractivity contribution < 1.29 is 0 Å². The minimum absolute atomic E-state index is 0.709. The second-order valence-corrected chi connectivity index (χ2v) is 4.30. The van der Waals surface area contributed by atoms with Gasteiger partial charge in [-0.3, -0.25) is 0 Å². The van der Waals surface area contributed by atoms with Crippen LogP contribution < -0.4 is 5.32 Å². The fraction of sp³-hybridized carbons (Fsp3) is 0.538. The van der Waals surface area contributed by atoms with Crippen LogP contribution in [0, 0.1) is 19.8 Å². The van der Waals surface area contributed by atoms with Gasteiger partial charge >= 0.3 is 0 Å². The average molecular weight is 191 g/mol. The molecule has 14 heavy (non-hydrogen) atoms. The lowest BCUT2D eigenvalue weighted by Crippen LogP contribution is -2.18. The SMILES string of the molecule is CNCC(C)Cc1cc(C)ccc1C. The Balaban J connectivity index is 2.70. The van der Waals surface area contributed by atoms with E-state index in [1.54, 1.807) is 0 Å². The largest absolute Gasteiger partial charge is 0.319 e. The van der Waals surface area contributed by atoms with Gasteiger partial charge in [0.2, 0.25) is 0 Å². The molecular formula is C13H21N. The van der Waals surface area contributed by atoms with Crippen molar-refractivity contribution in [2.75, 3.05) is 13.6 Å². The summed E-state index contributed by atoms with van der Waals surface area (Å²) in [5.74, 6) is 0.709.